The zero-order valence-electron chi connectivity index (χ0n) is 45.9. The van der Waals surface area contributed by atoms with Crippen molar-refractivity contribution in [3.05, 3.63) is 52.1 Å². The van der Waals surface area contributed by atoms with E-state index in [-0.39, 0.29) is 41.6 Å². The Labute approximate surface area is 461 Å². The zero-order valence-corrected chi connectivity index (χ0v) is 46.7. The molecule has 10 fully saturated rings. The number of rotatable bonds is 12. The molecule has 2 amide bonds. The largest absolute Gasteiger partial charge is 0.464 e. The Morgan fingerprint density at radius 1 is 0.962 bits per heavy atom. The number of amides is 2. The minimum Gasteiger partial charge on any atom is -0.464 e. The van der Waals surface area contributed by atoms with E-state index in [1.165, 1.54) is 24.2 Å². The van der Waals surface area contributed by atoms with Gasteiger partial charge >= 0.3 is 5.97 Å². The van der Waals surface area contributed by atoms with Gasteiger partial charge < -0.3 is 43.2 Å². The van der Waals surface area contributed by atoms with Gasteiger partial charge in [-0.1, -0.05) is 19.9 Å². The number of esters is 1. The van der Waals surface area contributed by atoms with E-state index in [0.29, 0.717) is 97.2 Å². The summed E-state index contributed by atoms with van der Waals surface area (Å²) in [5.41, 5.74) is 9.58. The van der Waals surface area contributed by atoms with E-state index in [2.05, 4.69) is 80.4 Å². The maximum absolute atomic E-state index is 15.4. The third-order valence-electron chi connectivity index (χ3n) is 19.3. The fraction of sp³-hybridized carbons (Fsp3) is 0.678. The highest BCUT2D eigenvalue weighted by molar-refractivity contribution is 7.10. The Morgan fingerprint density at radius 2 is 1.76 bits per heavy atom. The van der Waals surface area contributed by atoms with Crippen molar-refractivity contribution in [1.82, 2.24) is 40.1 Å². The van der Waals surface area contributed by atoms with Crippen LogP contribution in [0.15, 0.2) is 35.8 Å². The number of hydrogen-bond donors (Lipinski definition) is 2. The first-order valence-corrected chi connectivity index (χ1v) is 30.1. The lowest BCUT2D eigenvalue weighted by atomic mass is 9.71. The number of cyclic esters (lactones) is 1. The number of thiazole rings is 1. The molecule has 11 heterocycles. The molecule has 1 aromatic carbocycles. The van der Waals surface area contributed by atoms with Crippen LogP contribution in [0.3, 0.4) is 0 Å². The van der Waals surface area contributed by atoms with E-state index >= 15 is 4.79 Å². The Bertz CT molecular complexity index is 2960. The van der Waals surface area contributed by atoms with Crippen molar-refractivity contribution in [1.29, 1.82) is 0 Å². The van der Waals surface area contributed by atoms with Gasteiger partial charge in [-0.3, -0.25) is 34.2 Å². The van der Waals surface area contributed by atoms with Crippen LogP contribution in [0.2, 0.25) is 0 Å². The maximum atomic E-state index is 15.4. The van der Waals surface area contributed by atoms with Crippen molar-refractivity contribution in [3.8, 4) is 22.5 Å². The monoisotopic (exact) mass is 1090 g/mol. The van der Waals surface area contributed by atoms with Crippen LogP contribution in [0, 0.1) is 16.7 Å². The molecule has 418 valence electrons. The number of aromatic nitrogens is 3. The highest BCUT2D eigenvalue weighted by Crippen LogP contribution is 2.67. The molecular weight excluding hydrogens is 1010 g/mol. The molecule has 4 atom stereocenters. The van der Waals surface area contributed by atoms with Gasteiger partial charge in [0.05, 0.1) is 79.2 Å². The van der Waals surface area contributed by atoms with E-state index in [0.717, 1.165) is 113 Å². The van der Waals surface area contributed by atoms with Crippen molar-refractivity contribution < 1.29 is 42.8 Å². The Balaban J connectivity index is 0.901. The Morgan fingerprint density at radius 3 is 2.47 bits per heavy atom. The summed E-state index contributed by atoms with van der Waals surface area (Å²) in [4.78, 5) is 62.9. The fourth-order valence-electron chi connectivity index (χ4n) is 14.4. The van der Waals surface area contributed by atoms with E-state index in [1.54, 1.807) is 12.1 Å². The van der Waals surface area contributed by atoms with Gasteiger partial charge in [-0.15, -0.1) is 11.3 Å². The molecule has 3 aromatic heterocycles. The summed E-state index contributed by atoms with van der Waals surface area (Å²) in [6.45, 7) is 16.1. The molecule has 78 heavy (non-hydrogen) atoms. The number of fused-ring (bicyclic) bond motifs is 6. The van der Waals surface area contributed by atoms with E-state index in [9.17, 15) is 9.59 Å². The summed E-state index contributed by atoms with van der Waals surface area (Å²) in [6, 6.07) is 7.37. The van der Waals surface area contributed by atoms with Gasteiger partial charge in [-0.25, -0.2) is 10.4 Å². The third-order valence-corrected chi connectivity index (χ3v) is 20.2. The van der Waals surface area contributed by atoms with Crippen LogP contribution < -0.4 is 15.6 Å². The number of ether oxygens (including phenoxy) is 6. The number of carbonyl (C=O) groups is 3. The fourth-order valence-corrected chi connectivity index (χ4v) is 15.4. The molecule has 8 bridgehead atoms. The average molecular weight is 1090 g/mol. The van der Waals surface area contributed by atoms with Gasteiger partial charge in [-0.2, -0.15) is 0 Å². The number of piperazine rings is 1. The zero-order chi connectivity index (χ0) is 53.1. The molecule has 18 nitrogen and oxygen atoms in total. The number of carbonyl (C=O) groups excluding carboxylic acids is 3. The number of benzene rings is 1. The summed E-state index contributed by atoms with van der Waals surface area (Å²) in [7, 11) is 1.75. The molecule has 15 rings (SSSR count). The molecule has 2 spiro atoms. The molecule has 3 aliphatic carbocycles. The van der Waals surface area contributed by atoms with Crippen LogP contribution in [0.25, 0.3) is 33.4 Å². The predicted molar refractivity (Wildman–Crippen MR) is 293 cm³/mol. The molecule has 3 saturated carbocycles. The molecule has 8 aliphatic heterocycles. The quantitative estimate of drug-likeness (QED) is 0.153. The second kappa shape index (κ2) is 19.9. The standard InChI is InChI=1S/C59H77N9O9S/c1-36(72-4)48-43(25-40(29-60-48)65-18-16-64(17-19-65)39-8-9-39)50-44-28-56(2,3)33-76-54(70)45-6-5-15-68(63-45)53(69)49(62-55(71)59-26-38(27-59)58(77-59)13-14-58)51(66-31-57(32-66)34-74-35-57)52-61-46(30-78-52)37-7-10-47(42(44)24-37)67(50)20-23-75-41-11-21-73-22-12-41/h7,10,24-25,29-30,36,38-39,41,45,49,51,63H,5-6,8-9,11-23,26-28,31-35H2,1-4H3,(H,62,71)/t36-,38?,45-,49-,51-,59?/m0/s1. The summed E-state index contributed by atoms with van der Waals surface area (Å²) < 4.78 is 39.8. The second-order valence-corrected chi connectivity index (χ2v) is 26.4. The summed E-state index contributed by atoms with van der Waals surface area (Å²) in [6.07, 6.45) is 11.1. The molecule has 0 radical (unpaired) electrons. The van der Waals surface area contributed by atoms with Crippen molar-refractivity contribution in [2.75, 3.05) is 97.5 Å². The smallest absolute Gasteiger partial charge is 0.324 e. The number of nitrogens with one attached hydrogen (secondary N) is 2. The van der Waals surface area contributed by atoms with Crippen molar-refractivity contribution in [2.24, 2.45) is 16.7 Å². The van der Waals surface area contributed by atoms with Crippen LogP contribution in [0.5, 0.6) is 0 Å². The molecule has 11 aliphatic rings. The van der Waals surface area contributed by atoms with Gasteiger partial charge in [-0.05, 0) is 107 Å². The van der Waals surface area contributed by atoms with Crippen molar-refractivity contribution in [3.63, 3.8) is 0 Å². The highest BCUT2D eigenvalue weighted by atomic mass is 32.1. The molecule has 4 aromatic rings. The minimum atomic E-state index is -1.02. The number of likely N-dealkylation sites (tertiary alicyclic amines) is 1. The SMILES string of the molecule is CO[C@@H](C)c1ncc(N2CCN(C3CC3)CC2)cc1-c1c2c3cc(ccc3n1CCOC1CCOCC1)-c1csc(n1)[C@@H](N1CC3(COC3)C1)[C@H](NC(=O)C13CC(C1)C1(CC1)O3)C(=O)N1CCC[C@H](N1)C(=O)OCC(C)(C)C2. The molecule has 19 heteroatoms. The number of anilines is 1. The molecule has 2 N–H and O–H groups in total. The van der Waals surface area contributed by atoms with Crippen LogP contribution in [-0.2, 0) is 55.8 Å². The van der Waals surface area contributed by atoms with Crippen molar-refractivity contribution >= 4 is 45.7 Å². The molecular formula is C59H77N9O9S. The lowest BCUT2D eigenvalue weighted by molar-refractivity contribution is -0.203. The summed E-state index contributed by atoms with van der Waals surface area (Å²) >= 11 is 1.53. The van der Waals surface area contributed by atoms with E-state index in [1.807, 2.05) is 6.20 Å². The molecule has 7 saturated heterocycles. The van der Waals surface area contributed by atoms with Crippen LogP contribution in [-0.4, -0.2) is 175 Å². The first-order valence-electron chi connectivity index (χ1n) is 29.2. The molecule has 0 unspecified atom stereocenters. The average Bonchev–Trinajstić information content (AvgIpc) is 3.96. The van der Waals surface area contributed by atoms with Gasteiger partial charge in [0.25, 0.3) is 11.8 Å². The van der Waals surface area contributed by atoms with E-state index < -0.39 is 35.1 Å². The first-order chi connectivity index (χ1) is 37.8. The number of pyridine rings is 1. The van der Waals surface area contributed by atoms with Gasteiger partial charge in [0.15, 0.2) is 0 Å². The highest BCUT2D eigenvalue weighted by Gasteiger charge is 2.73. The lowest BCUT2D eigenvalue weighted by Gasteiger charge is -2.58. The number of nitrogens with zero attached hydrogens (tertiary/aromatic N) is 7. The number of hydrazine groups is 1. The predicted octanol–water partition coefficient (Wildman–Crippen LogP) is 6.21. The first kappa shape index (κ1) is 51.6. The number of methoxy groups -OCH3 is 1. The van der Waals surface area contributed by atoms with Gasteiger partial charge in [0.2, 0.25) is 0 Å². The third kappa shape index (κ3) is 9.28. The van der Waals surface area contributed by atoms with E-state index in [4.69, 9.17) is 38.4 Å². The van der Waals surface area contributed by atoms with Crippen LogP contribution >= 0.6 is 11.3 Å². The minimum absolute atomic E-state index is 0.00561. The summed E-state index contributed by atoms with van der Waals surface area (Å²) in [5, 5.41) is 8.82. The van der Waals surface area contributed by atoms with Crippen LogP contribution in [0.1, 0.15) is 113 Å². The second-order valence-electron chi connectivity index (χ2n) is 25.5. The normalized spacial score (nSPS) is 30.2. The Kier molecular flexibility index (Phi) is 13.1. The van der Waals surface area contributed by atoms with Gasteiger partial charge in [0.1, 0.15) is 22.7 Å². The van der Waals surface area contributed by atoms with Crippen LogP contribution in [0.4, 0.5) is 5.69 Å². The Hall–Kier alpha value is -4.57. The lowest BCUT2D eigenvalue weighted by Crippen LogP contribution is -2.70. The topological polar surface area (TPSA) is 174 Å². The van der Waals surface area contributed by atoms with Gasteiger partial charge in [0, 0.05) is 117 Å². The summed E-state index contributed by atoms with van der Waals surface area (Å²) in [5.74, 6) is -0.568. The maximum Gasteiger partial charge on any atom is 0.324 e. The number of hydrogen-bond acceptors (Lipinski definition) is 16. The van der Waals surface area contributed by atoms with Crippen molar-refractivity contribution in [2.45, 2.75) is 146 Å².